The van der Waals surface area contributed by atoms with Crippen molar-refractivity contribution in [1.82, 2.24) is 0 Å². The number of ether oxygens (including phenoxy) is 1. The number of anilines is 2. The van der Waals surface area contributed by atoms with E-state index in [4.69, 9.17) is 4.74 Å². The summed E-state index contributed by atoms with van der Waals surface area (Å²) in [6.45, 7) is 1.99. The van der Waals surface area contributed by atoms with E-state index in [1.54, 1.807) is 0 Å². The van der Waals surface area contributed by atoms with E-state index in [9.17, 15) is 9.59 Å². The molecule has 0 spiro atoms. The van der Waals surface area contributed by atoms with Gasteiger partial charge in [-0.05, 0) is 55.9 Å². The topological polar surface area (TPSA) is 58.6 Å². The van der Waals surface area contributed by atoms with E-state index in [1.807, 2.05) is 24.3 Å². The third kappa shape index (κ3) is 6.56. The molecule has 0 unspecified atom stereocenters. The van der Waals surface area contributed by atoms with Crippen LogP contribution in [-0.4, -0.2) is 31.6 Å². The average molecular weight is 373 g/mol. The molecule has 1 aliphatic carbocycles. The standard InChI is InChI=1S/C22H32N2O3/c25-21(17-27-22(26)14-9-18-7-3-1-4-8-18)23-19-10-12-20(13-11-19)24-15-5-2-6-16-24/h10-13,18H,1-9,14-17H2,(H,23,25). The molecule has 0 radical (unpaired) electrons. The summed E-state index contributed by atoms with van der Waals surface area (Å²) >= 11 is 0. The molecule has 148 valence electrons. The van der Waals surface area contributed by atoms with Gasteiger partial charge in [0.15, 0.2) is 6.61 Å². The van der Waals surface area contributed by atoms with E-state index in [0.717, 1.165) is 25.2 Å². The molecule has 3 rings (SSSR count). The highest BCUT2D eigenvalue weighted by Crippen LogP contribution is 2.27. The second-order valence-electron chi connectivity index (χ2n) is 7.85. The van der Waals surface area contributed by atoms with Crippen LogP contribution in [0.3, 0.4) is 0 Å². The highest BCUT2D eigenvalue weighted by molar-refractivity contribution is 5.92. The number of hydrogen-bond donors (Lipinski definition) is 1. The SMILES string of the molecule is O=C(COC(=O)CCC1CCCCC1)Nc1ccc(N2CCCCC2)cc1. The summed E-state index contributed by atoms with van der Waals surface area (Å²) in [4.78, 5) is 26.2. The summed E-state index contributed by atoms with van der Waals surface area (Å²) < 4.78 is 5.13. The maximum Gasteiger partial charge on any atom is 0.306 e. The van der Waals surface area contributed by atoms with Crippen molar-refractivity contribution >= 4 is 23.3 Å². The van der Waals surface area contributed by atoms with Crippen molar-refractivity contribution in [3.8, 4) is 0 Å². The molecular weight excluding hydrogens is 340 g/mol. The Hall–Kier alpha value is -2.04. The van der Waals surface area contributed by atoms with Crippen molar-refractivity contribution < 1.29 is 14.3 Å². The fourth-order valence-electron chi connectivity index (χ4n) is 4.12. The number of piperidine rings is 1. The normalized spacial score (nSPS) is 18.1. The van der Waals surface area contributed by atoms with Crippen molar-refractivity contribution in [2.45, 2.75) is 64.2 Å². The molecule has 2 aliphatic rings. The maximum atomic E-state index is 12.0. The number of benzene rings is 1. The molecule has 5 nitrogen and oxygen atoms in total. The quantitative estimate of drug-likeness (QED) is 0.715. The lowest BCUT2D eigenvalue weighted by molar-refractivity contribution is -0.147. The molecular formula is C22H32N2O3. The Balaban J connectivity index is 1.35. The molecule has 1 N–H and O–H groups in total. The molecule has 2 fully saturated rings. The monoisotopic (exact) mass is 372 g/mol. The van der Waals surface area contributed by atoms with Gasteiger partial charge in [0, 0.05) is 30.9 Å². The lowest BCUT2D eigenvalue weighted by Gasteiger charge is -2.28. The van der Waals surface area contributed by atoms with Crippen LogP contribution in [0.1, 0.15) is 64.2 Å². The zero-order chi connectivity index (χ0) is 18.9. The van der Waals surface area contributed by atoms with Crippen LogP contribution in [-0.2, 0) is 14.3 Å². The predicted molar refractivity (Wildman–Crippen MR) is 108 cm³/mol. The van der Waals surface area contributed by atoms with E-state index in [2.05, 4.69) is 10.2 Å². The Labute approximate surface area is 162 Å². The van der Waals surface area contributed by atoms with Gasteiger partial charge in [-0.2, -0.15) is 0 Å². The Morgan fingerprint density at radius 3 is 2.33 bits per heavy atom. The average Bonchev–Trinajstić information content (AvgIpc) is 2.73. The number of carbonyl (C=O) groups is 2. The van der Waals surface area contributed by atoms with E-state index in [1.165, 1.54) is 57.1 Å². The summed E-state index contributed by atoms with van der Waals surface area (Å²) in [5.74, 6) is 0.0986. The number of esters is 1. The molecule has 0 aromatic heterocycles. The predicted octanol–water partition coefficient (Wildman–Crippen LogP) is 4.52. The van der Waals surface area contributed by atoms with Crippen LogP contribution in [0.2, 0.25) is 0 Å². The first-order valence-electron chi connectivity index (χ1n) is 10.5. The first-order valence-corrected chi connectivity index (χ1v) is 10.5. The second-order valence-corrected chi connectivity index (χ2v) is 7.85. The summed E-state index contributed by atoms with van der Waals surface area (Å²) in [5.41, 5.74) is 1.93. The lowest BCUT2D eigenvalue weighted by atomic mass is 9.86. The molecule has 1 aromatic carbocycles. The fraction of sp³-hybridized carbons (Fsp3) is 0.636. The molecule has 1 heterocycles. The summed E-state index contributed by atoms with van der Waals surface area (Å²) in [6, 6.07) is 7.90. The van der Waals surface area contributed by atoms with Crippen molar-refractivity contribution in [2.75, 3.05) is 29.9 Å². The smallest absolute Gasteiger partial charge is 0.306 e. The number of hydrogen-bond acceptors (Lipinski definition) is 4. The van der Waals surface area contributed by atoms with Crippen LogP contribution < -0.4 is 10.2 Å². The van der Waals surface area contributed by atoms with Crippen LogP contribution in [0.25, 0.3) is 0 Å². The molecule has 1 amide bonds. The van der Waals surface area contributed by atoms with E-state index in [0.29, 0.717) is 12.3 Å². The number of amides is 1. The molecule has 0 atom stereocenters. The van der Waals surface area contributed by atoms with Gasteiger partial charge in [-0.15, -0.1) is 0 Å². The Morgan fingerprint density at radius 2 is 1.63 bits per heavy atom. The van der Waals surface area contributed by atoms with Gasteiger partial charge in [0.25, 0.3) is 5.91 Å². The fourth-order valence-corrected chi connectivity index (χ4v) is 4.12. The number of rotatable bonds is 7. The van der Waals surface area contributed by atoms with Crippen molar-refractivity contribution in [3.63, 3.8) is 0 Å². The van der Waals surface area contributed by atoms with Gasteiger partial charge in [-0.1, -0.05) is 32.1 Å². The van der Waals surface area contributed by atoms with Gasteiger partial charge in [0.2, 0.25) is 0 Å². The first kappa shape index (κ1) is 19.7. The van der Waals surface area contributed by atoms with Crippen LogP contribution in [0.4, 0.5) is 11.4 Å². The van der Waals surface area contributed by atoms with Crippen molar-refractivity contribution in [2.24, 2.45) is 5.92 Å². The molecule has 27 heavy (non-hydrogen) atoms. The molecule has 1 saturated carbocycles. The Kier molecular flexibility index (Phi) is 7.55. The molecule has 1 saturated heterocycles. The Morgan fingerprint density at radius 1 is 0.963 bits per heavy atom. The van der Waals surface area contributed by atoms with Gasteiger partial charge in [-0.3, -0.25) is 9.59 Å². The Bertz CT molecular complexity index is 602. The van der Waals surface area contributed by atoms with Crippen molar-refractivity contribution in [1.29, 1.82) is 0 Å². The van der Waals surface area contributed by atoms with E-state index < -0.39 is 0 Å². The highest BCUT2D eigenvalue weighted by Gasteiger charge is 2.16. The minimum atomic E-state index is -0.285. The van der Waals surface area contributed by atoms with Gasteiger partial charge in [-0.25, -0.2) is 0 Å². The second kappa shape index (κ2) is 10.3. The largest absolute Gasteiger partial charge is 0.456 e. The van der Waals surface area contributed by atoms with Crippen LogP contribution >= 0.6 is 0 Å². The summed E-state index contributed by atoms with van der Waals surface area (Å²) in [7, 11) is 0. The molecule has 5 heteroatoms. The highest BCUT2D eigenvalue weighted by atomic mass is 16.5. The van der Waals surface area contributed by atoms with Crippen LogP contribution in [0.15, 0.2) is 24.3 Å². The van der Waals surface area contributed by atoms with E-state index in [-0.39, 0.29) is 18.5 Å². The van der Waals surface area contributed by atoms with Crippen LogP contribution in [0.5, 0.6) is 0 Å². The summed E-state index contributed by atoms with van der Waals surface area (Å²) in [6.07, 6.45) is 11.4. The maximum absolute atomic E-state index is 12.0. The third-order valence-electron chi connectivity index (χ3n) is 5.72. The number of carbonyl (C=O) groups excluding carboxylic acids is 2. The molecule has 1 aromatic rings. The van der Waals surface area contributed by atoms with E-state index >= 15 is 0 Å². The molecule has 1 aliphatic heterocycles. The molecule has 0 bridgehead atoms. The van der Waals surface area contributed by atoms with Gasteiger partial charge < -0.3 is 15.0 Å². The third-order valence-corrected chi connectivity index (χ3v) is 5.72. The lowest BCUT2D eigenvalue weighted by Crippen LogP contribution is -2.29. The van der Waals surface area contributed by atoms with Gasteiger partial charge in [0.05, 0.1) is 0 Å². The minimum absolute atomic E-state index is 0.211. The first-order chi connectivity index (χ1) is 13.2. The zero-order valence-corrected chi connectivity index (χ0v) is 16.3. The summed E-state index contributed by atoms with van der Waals surface area (Å²) in [5, 5.41) is 2.80. The van der Waals surface area contributed by atoms with Gasteiger partial charge in [0.1, 0.15) is 0 Å². The minimum Gasteiger partial charge on any atom is -0.456 e. The number of nitrogens with one attached hydrogen (secondary N) is 1. The van der Waals surface area contributed by atoms with Gasteiger partial charge >= 0.3 is 5.97 Å². The zero-order valence-electron chi connectivity index (χ0n) is 16.3. The van der Waals surface area contributed by atoms with Crippen molar-refractivity contribution in [3.05, 3.63) is 24.3 Å². The number of nitrogens with zero attached hydrogens (tertiary/aromatic N) is 1. The van der Waals surface area contributed by atoms with Crippen LogP contribution in [0, 0.1) is 5.92 Å².